The first-order valence-corrected chi connectivity index (χ1v) is 13.7. The summed E-state index contributed by atoms with van der Waals surface area (Å²) in [7, 11) is 1.79. The van der Waals surface area contributed by atoms with Crippen LogP contribution in [0.3, 0.4) is 0 Å². The number of carboxylic acids is 1. The molecule has 2 aromatic carbocycles. The Bertz CT molecular complexity index is 1510. The molecule has 0 bridgehead atoms. The molecule has 1 heterocycles. The molecule has 3 aromatic rings. The number of hydrogen-bond donors (Lipinski definition) is 1. The first-order valence-electron chi connectivity index (χ1n) is 13.4. The number of rotatable bonds is 9. The highest BCUT2D eigenvalue weighted by atomic mass is 35.5. The lowest BCUT2D eigenvalue weighted by Gasteiger charge is -2.20. The van der Waals surface area contributed by atoms with Gasteiger partial charge in [0.15, 0.2) is 0 Å². The number of carbonyl (C=O) groups is 2. The van der Waals surface area contributed by atoms with Crippen molar-refractivity contribution in [3.05, 3.63) is 98.4 Å². The minimum atomic E-state index is -0.955. The molecule has 1 N–H and O–H groups in total. The van der Waals surface area contributed by atoms with Crippen LogP contribution in [0.5, 0.6) is 0 Å². The molecule has 6 nitrogen and oxygen atoms in total. The monoisotopic (exact) mass is 543 g/mol. The topological polar surface area (TPSA) is 83.4 Å². The van der Waals surface area contributed by atoms with E-state index in [4.69, 9.17) is 16.6 Å². The lowest BCUT2D eigenvalue weighted by molar-refractivity contribution is -0.136. The van der Waals surface area contributed by atoms with Gasteiger partial charge in [-0.3, -0.25) is 9.59 Å². The van der Waals surface area contributed by atoms with Crippen LogP contribution in [0.4, 0.5) is 5.69 Å². The summed E-state index contributed by atoms with van der Waals surface area (Å²) in [5, 5.41) is 11.8. The average molecular weight is 544 g/mol. The van der Waals surface area contributed by atoms with Gasteiger partial charge in [-0.2, -0.15) is 0 Å². The van der Waals surface area contributed by atoms with Gasteiger partial charge in [0.2, 0.25) is 0 Å². The third kappa shape index (κ3) is 7.01. The van der Waals surface area contributed by atoms with Crippen LogP contribution in [0, 0.1) is 0 Å². The minimum Gasteiger partial charge on any atom is -0.481 e. The van der Waals surface area contributed by atoms with Gasteiger partial charge < -0.3 is 10.0 Å². The van der Waals surface area contributed by atoms with Gasteiger partial charge in [0.25, 0.3) is 5.91 Å². The second-order valence-electron chi connectivity index (χ2n) is 9.99. The van der Waals surface area contributed by atoms with E-state index in [9.17, 15) is 14.7 Å². The number of benzene rings is 2. The molecule has 0 saturated heterocycles. The van der Waals surface area contributed by atoms with Crippen molar-refractivity contribution in [3.8, 4) is 0 Å². The number of likely N-dealkylation sites (N-methyl/N-ethyl adjacent to an activating group) is 1. The van der Waals surface area contributed by atoms with Gasteiger partial charge in [-0.1, -0.05) is 86.5 Å². The molecule has 1 aliphatic rings. The summed E-state index contributed by atoms with van der Waals surface area (Å²) in [5.74, 6) is -0.346. The third-order valence-electron chi connectivity index (χ3n) is 7.05. The van der Waals surface area contributed by atoms with E-state index in [2.05, 4.69) is 30.1 Å². The Kier molecular flexibility index (Phi) is 9.31. The Morgan fingerprint density at radius 3 is 2.46 bits per heavy atom. The van der Waals surface area contributed by atoms with Crippen molar-refractivity contribution < 1.29 is 14.7 Å². The molecule has 0 radical (unpaired) electrons. The van der Waals surface area contributed by atoms with Crippen LogP contribution in [0.2, 0.25) is 5.15 Å². The summed E-state index contributed by atoms with van der Waals surface area (Å²) in [4.78, 5) is 35.5. The lowest BCUT2D eigenvalue weighted by atomic mass is 9.96. The van der Waals surface area contributed by atoms with E-state index in [-0.39, 0.29) is 23.4 Å². The van der Waals surface area contributed by atoms with Crippen molar-refractivity contribution in [2.24, 2.45) is 0 Å². The Labute approximate surface area is 234 Å². The highest BCUT2D eigenvalue weighted by Gasteiger charge is 2.21. The van der Waals surface area contributed by atoms with Gasteiger partial charge >= 0.3 is 5.97 Å². The summed E-state index contributed by atoms with van der Waals surface area (Å²) in [6.07, 6.45) is 9.71. The van der Waals surface area contributed by atoms with Crippen molar-refractivity contribution in [1.82, 2.24) is 9.97 Å². The minimum absolute atomic E-state index is 0.0227. The molecule has 1 amide bonds. The fourth-order valence-electron chi connectivity index (χ4n) is 4.93. The van der Waals surface area contributed by atoms with Crippen LogP contribution in [-0.2, 0) is 22.4 Å². The van der Waals surface area contributed by atoms with Crippen LogP contribution < -0.4 is 15.3 Å². The zero-order chi connectivity index (χ0) is 27.9. The molecule has 0 saturated carbocycles. The normalized spacial score (nSPS) is 13.6. The van der Waals surface area contributed by atoms with Gasteiger partial charge in [-0.05, 0) is 53.3 Å². The fourth-order valence-corrected chi connectivity index (χ4v) is 5.19. The maximum Gasteiger partial charge on any atom is 0.308 e. The first kappa shape index (κ1) is 28.2. The molecule has 4 rings (SSSR count). The predicted octanol–water partition coefficient (Wildman–Crippen LogP) is 5.20. The summed E-state index contributed by atoms with van der Waals surface area (Å²) in [6, 6.07) is 15.9. The number of carboxylic acid groups (broad SMARTS) is 1. The van der Waals surface area contributed by atoms with Crippen molar-refractivity contribution in [1.29, 1.82) is 0 Å². The molecule has 1 atom stereocenters. The zero-order valence-corrected chi connectivity index (χ0v) is 23.4. The van der Waals surface area contributed by atoms with E-state index in [1.54, 1.807) is 11.9 Å². The Morgan fingerprint density at radius 2 is 1.77 bits per heavy atom. The molecule has 7 heteroatoms. The first-order chi connectivity index (χ1) is 18.8. The Balaban J connectivity index is 1.52. The number of carbonyl (C=O) groups excluding carboxylic acids is 1. The summed E-state index contributed by atoms with van der Waals surface area (Å²) >= 11 is 6.45. The molecule has 0 fully saturated rings. The second-order valence-corrected chi connectivity index (χ2v) is 10.4. The smallest absolute Gasteiger partial charge is 0.308 e. The molecule has 0 spiro atoms. The van der Waals surface area contributed by atoms with Crippen molar-refractivity contribution in [3.63, 3.8) is 0 Å². The number of aromatic nitrogens is 2. The zero-order valence-electron chi connectivity index (χ0n) is 22.7. The number of allylic oxidation sites excluding steroid dienone is 1. The second kappa shape index (κ2) is 12.9. The fraction of sp³-hybridized carbons (Fsp3) is 0.312. The van der Waals surface area contributed by atoms with Crippen molar-refractivity contribution in [2.75, 3.05) is 11.9 Å². The van der Waals surface area contributed by atoms with E-state index in [1.165, 1.54) is 5.22 Å². The number of hydrogen-bond acceptors (Lipinski definition) is 4. The quantitative estimate of drug-likeness (QED) is 0.375. The van der Waals surface area contributed by atoms with Crippen LogP contribution in [0.25, 0.3) is 12.2 Å². The number of amides is 1. The van der Waals surface area contributed by atoms with Crippen LogP contribution >= 0.6 is 11.6 Å². The van der Waals surface area contributed by atoms with E-state index in [1.807, 2.05) is 55.5 Å². The molecule has 1 unspecified atom stereocenters. The standard InChI is InChI=1S/C32H34ClN3O3/c1-4-8-21(2)30-27(20-29(37)38)31(33)35-28(34-30)19-22-13-17-26(18-14-22)36(3)32(39)25-12-7-11-23-9-5-6-10-24(23)15-16-25/h5-6,9-11,13-18,21H,4,7-8,12,19-20H2,1-3H3,(H,37,38). The van der Waals surface area contributed by atoms with Gasteiger partial charge in [-0.15, -0.1) is 0 Å². The maximum atomic E-state index is 13.3. The van der Waals surface area contributed by atoms with Gasteiger partial charge in [0.1, 0.15) is 11.0 Å². The third-order valence-corrected chi connectivity index (χ3v) is 7.37. The van der Waals surface area contributed by atoms with Crippen LogP contribution in [0.1, 0.15) is 68.1 Å². The van der Waals surface area contributed by atoms with E-state index < -0.39 is 5.97 Å². The number of anilines is 1. The van der Waals surface area contributed by atoms with Crippen LogP contribution in [-0.4, -0.2) is 34.0 Å². The van der Waals surface area contributed by atoms with Crippen molar-refractivity contribution in [2.45, 2.75) is 58.3 Å². The molecular weight excluding hydrogens is 510 g/mol. The van der Waals surface area contributed by atoms with Crippen LogP contribution in [0.15, 0.2) is 60.2 Å². The van der Waals surface area contributed by atoms with E-state index in [0.717, 1.165) is 41.3 Å². The van der Waals surface area contributed by atoms with Gasteiger partial charge in [-0.25, -0.2) is 9.97 Å². The van der Waals surface area contributed by atoms with Gasteiger partial charge in [0, 0.05) is 30.3 Å². The Hall–Kier alpha value is -3.77. The largest absolute Gasteiger partial charge is 0.481 e. The highest BCUT2D eigenvalue weighted by Crippen LogP contribution is 2.28. The highest BCUT2D eigenvalue weighted by molar-refractivity contribution is 6.30. The average Bonchev–Trinajstić information content (AvgIpc) is 2.90. The van der Waals surface area contributed by atoms with Gasteiger partial charge in [0.05, 0.1) is 12.1 Å². The predicted molar refractivity (Wildman–Crippen MR) is 156 cm³/mol. The summed E-state index contributed by atoms with van der Waals surface area (Å²) < 4.78 is 0. The van der Waals surface area contributed by atoms with E-state index >= 15 is 0 Å². The van der Waals surface area contributed by atoms with Crippen molar-refractivity contribution >= 4 is 41.3 Å². The molecule has 0 aliphatic heterocycles. The number of fused-ring (bicyclic) bond motifs is 1. The molecule has 202 valence electrons. The maximum absolute atomic E-state index is 13.3. The number of aliphatic carboxylic acids is 1. The lowest BCUT2D eigenvalue weighted by Crippen LogP contribution is -2.29. The molecule has 39 heavy (non-hydrogen) atoms. The number of nitrogens with zero attached hydrogens (tertiary/aromatic N) is 3. The molecular formula is C32H34ClN3O3. The number of halogens is 1. The SMILES string of the molecule is CCCC(C)c1nc(Cc2ccc(N(C)C(=O)C3=CC=c4ccccc4=CCC3)cc2)nc(Cl)c1CC(=O)O. The van der Waals surface area contributed by atoms with E-state index in [0.29, 0.717) is 29.9 Å². The summed E-state index contributed by atoms with van der Waals surface area (Å²) in [6.45, 7) is 4.13. The molecule has 1 aliphatic carbocycles. The molecule has 1 aromatic heterocycles. The Morgan fingerprint density at radius 1 is 1.05 bits per heavy atom. The summed E-state index contributed by atoms with van der Waals surface area (Å²) in [5.41, 5.74) is 3.74.